The molecule has 1 heterocycles. The molecule has 0 fully saturated rings. The van der Waals surface area contributed by atoms with Crippen LogP contribution in [0.1, 0.15) is 25.0 Å². The summed E-state index contributed by atoms with van der Waals surface area (Å²) in [5, 5.41) is 3.06. The van der Waals surface area contributed by atoms with E-state index >= 15 is 0 Å². The van der Waals surface area contributed by atoms with Crippen LogP contribution in [0.25, 0.3) is 11.0 Å². The molecule has 1 aromatic carbocycles. The summed E-state index contributed by atoms with van der Waals surface area (Å²) in [5.74, 6) is -0.393. The second-order valence-corrected chi connectivity index (χ2v) is 5.97. The Morgan fingerprint density at radius 2 is 1.95 bits per heavy atom. The molecule has 2 aromatic rings. The molecule has 1 atom stereocenters. The normalized spacial score (nSPS) is 12.6. The molecule has 1 amide bonds. The van der Waals surface area contributed by atoms with Gasteiger partial charge in [-0.05, 0) is 48.7 Å². The summed E-state index contributed by atoms with van der Waals surface area (Å²) in [4.78, 5) is 27.1. The van der Waals surface area contributed by atoms with Crippen molar-refractivity contribution in [3.63, 3.8) is 0 Å². The van der Waals surface area contributed by atoms with Gasteiger partial charge in [0.05, 0.1) is 5.39 Å². The summed E-state index contributed by atoms with van der Waals surface area (Å²) in [5.41, 5.74) is 2.19. The summed E-state index contributed by atoms with van der Waals surface area (Å²) in [6, 6.07) is 3.10. The predicted octanol–water partition coefficient (Wildman–Crippen LogP) is 3.12. The molecule has 2 rings (SSSR count). The van der Waals surface area contributed by atoms with Gasteiger partial charge in [-0.15, -0.1) is 0 Å². The number of nitrogens with one attached hydrogen (secondary N) is 2. The molecule has 0 radical (unpaired) electrons. The third-order valence-electron chi connectivity index (χ3n) is 3.54. The molecule has 118 valence electrons. The zero-order chi connectivity index (χ0) is 16.4. The average Bonchev–Trinajstić information content (AvgIpc) is 2.41. The van der Waals surface area contributed by atoms with Crippen molar-refractivity contribution in [2.45, 2.75) is 33.7 Å². The van der Waals surface area contributed by atoms with Crippen molar-refractivity contribution in [2.75, 3.05) is 5.32 Å². The van der Waals surface area contributed by atoms with E-state index in [-0.39, 0.29) is 22.9 Å². The lowest BCUT2D eigenvalue weighted by molar-refractivity contribution is -0.118. The molecular weight excluding hydrogens is 304 g/mol. The Labute approximate surface area is 133 Å². The van der Waals surface area contributed by atoms with Crippen molar-refractivity contribution >= 4 is 34.3 Å². The predicted molar refractivity (Wildman–Crippen MR) is 88.2 cm³/mol. The smallest absolute Gasteiger partial charge is 0.243 e. The first-order valence-corrected chi connectivity index (χ1v) is 7.42. The maximum Gasteiger partial charge on any atom is 0.243 e. The number of hydrogen-bond donors (Lipinski definition) is 2. The van der Waals surface area contributed by atoms with Crippen molar-refractivity contribution in [2.24, 2.45) is 5.92 Å². The van der Waals surface area contributed by atoms with Gasteiger partial charge in [0.25, 0.3) is 0 Å². The molecule has 1 unspecified atom stereocenters. The fraction of sp³-hybridized carbons (Fsp3) is 0.375. The summed E-state index contributed by atoms with van der Waals surface area (Å²) >= 11 is 5.59. The van der Waals surface area contributed by atoms with Crippen LogP contribution >= 0.6 is 11.8 Å². The minimum atomic E-state index is -0.601. The Morgan fingerprint density at radius 3 is 2.55 bits per heavy atom. The monoisotopic (exact) mass is 322 g/mol. The second-order valence-electron chi connectivity index (χ2n) is 5.75. The minimum absolute atomic E-state index is 0.0191. The van der Waals surface area contributed by atoms with Crippen LogP contribution in [0.3, 0.4) is 0 Å². The molecule has 0 saturated heterocycles. The van der Waals surface area contributed by atoms with Gasteiger partial charge in [-0.25, -0.2) is 4.84 Å². The van der Waals surface area contributed by atoms with Crippen molar-refractivity contribution in [1.82, 2.24) is 4.84 Å². The van der Waals surface area contributed by atoms with E-state index in [4.69, 9.17) is 16.2 Å². The average molecular weight is 323 g/mol. The first-order chi connectivity index (χ1) is 10.3. The van der Waals surface area contributed by atoms with Crippen LogP contribution in [0, 0.1) is 19.8 Å². The SMILES string of the molecule is Cc1cc(C)c2c(=O)c(NC(=O)C(NCl)C(C)C)coc2c1. The van der Waals surface area contributed by atoms with E-state index in [9.17, 15) is 9.59 Å². The van der Waals surface area contributed by atoms with Gasteiger partial charge >= 0.3 is 0 Å². The van der Waals surface area contributed by atoms with E-state index in [0.29, 0.717) is 11.0 Å². The number of fused-ring (bicyclic) bond motifs is 1. The number of carbonyl (C=O) groups excluding carboxylic acids is 1. The van der Waals surface area contributed by atoms with Crippen LogP contribution in [0.2, 0.25) is 0 Å². The first-order valence-electron chi connectivity index (χ1n) is 7.05. The third kappa shape index (κ3) is 3.15. The summed E-state index contributed by atoms with van der Waals surface area (Å²) in [6.07, 6.45) is 1.27. The summed E-state index contributed by atoms with van der Waals surface area (Å²) < 4.78 is 5.49. The highest BCUT2D eigenvalue weighted by Gasteiger charge is 2.22. The van der Waals surface area contributed by atoms with Crippen LogP contribution in [0.4, 0.5) is 5.69 Å². The highest BCUT2D eigenvalue weighted by atomic mass is 35.5. The number of aryl methyl sites for hydroxylation is 2. The number of benzene rings is 1. The van der Waals surface area contributed by atoms with Gasteiger partial charge in [-0.3, -0.25) is 9.59 Å². The molecule has 0 spiro atoms. The van der Waals surface area contributed by atoms with E-state index < -0.39 is 6.04 Å². The fourth-order valence-corrected chi connectivity index (χ4v) is 2.75. The van der Waals surface area contributed by atoms with Crippen LogP contribution < -0.4 is 15.6 Å². The van der Waals surface area contributed by atoms with E-state index in [1.165, 1.54) is 6.26 Å². The minimum Gasteiger partial charge on any atom is -0.462 e. The molecule has 2 N–H and O–H groups in total. The van der Waals surface area contributed by atoms with E-state index in [0.717, 1.165) is 11.1 Å². The van der Waals surface area contributed by atoms with Crippen molar-refractivity contribution in [3.8, 4) is 0 Å². The number of anilines is 1. The Hall–Kier alpha value is -1.85. The number of carbonyl (C=O) groups is 1. The maximum atomic E-state index is 12.5. The number of amides is 1. The first kappa shape index (κ1) is 16.5. The van der Waals surface area contributed by atoms with Gasteiger partial charge < -0.3 is 9.73 Å². The van der Waals surface area contributed by atoms with Crippen LogP contribution in [-0.2, 0) is 4.79 Å². The lowest BCUT2D eigenvalue weighted by Gasteiger charge is -2.17. The summed E-state index contributed by atoms with van der Waals surface area (Å²) in [6.45, 7) is 7.49. The molecule has 22 heavy (non-hydrogen) atoms. The largest absolute Gasteiger partial charge is 0.462 e. The molecule has 0 aliphatic heterocycles. The molecule has 5 nitrogen and oxygen atoms in total. The Balaban J connectivity index is 2.44. The number of hydrogen-bond acceptors (Lipinski definition) is 4. The zero-order valence-electron chi connectivity index (χ0n) is 13.0. The van der Waals surface area contributed by atoms with Gasteiger partial charge in [0.1, 0.15) is 23.6 Å². The Kier molecular flexibility index (Phi) is 4.88. The lowest BCUT2D eigenvalue weighted by atomic mass is 10.0. The quantitative estimate of drug-likeness (QED) is 0.848. The third-order valence-corrected chi connectivity index (χ3v) is 3.78. The van der Waals surface area contributed by atoms with Crippen molar-refractivity contribution < 1.29 is 9.21 Å². The van der Waals surface area contributed by atoms with Gasteiger partial charge in [0.15, 0.2) is 0 Å². The molecule has 0 aliphatic rings. The summed E-state index contributed by atoms with van der Waals surface area (Å²) in [7, 11) is 0. The zero-order valence-corrected chi connectivity index (χ0v) is 13.7. The second kappa shape index (κ2) is 6.50. The van der Waals surface area contributed by atoms with Crippen molar-refractivity contribution in [1.29, 1.82) is 0 Å². The fourth-order valence-electron chi connectivity index (χ4n) is 2.40. The van der Waals surface area contributed by atoms with Crippen LogP contribution in [0.15, 0.2) is 27.6 Å². The van der Waals surface area contributed by atoms with Crippen LogP contribution in [-0.4, -0.2) is 11.9 Å². The van der Waals surface area contributed by atoms with Gasteiger partial charge in [0.2, 0.25) is 11.3 Å². The molecule has 1 aromatic heterocycles. The number of halogens is 1. The molecule has 0 bridgehead atoms. The molecule has 6 heteroatoms. The lowest BCUT2D eigenvalue weighted by Crippen LogP contribution is -2.40. The highest BCUT2D eigenvalue weighted by Crippen LogP contribution is 2.20. The molecule has 0 aliphatic carbocycles. The van der Waals surface area contributed by atoms with E-state index in [2.05, 4.69) is 10.2 Å². The van der Waals surface area contributed by atoms with E-state index in [1.54, 1.807) is 6.07 Å². The maximum absolute atomic E-state index is 12.5. The van der Waals surface area contributed by atoms with Gasteiger partial charge in [-0.1, -0.05) is 19.9 Å². The Morgan fingerprint density at radius 1 is 1.27 bits per heavy atom. The standard InChI is InChI=1S/C16H19ClN2O3/c1-8(2)14(19-17)16(21)18-11-7-22-12-6-9(3)5-10(4)13(12)15(11)20/h5-8,14,19H,1-4H3,(H,18,21). The van der Waals surface area contributed by atoms with Crippen LogP contribution in [0.5, 0.6) is 0 Å². The molecule has 0 saturated carbocycles. The van der Waals surface area contributed by atoms with E-state index in [1.807, 2.05) is 33.8 Å². The number of rotatable bonds is 4. The Bertz CT molecular complexity index is 768. The van der Waals surface area contributed by atoms with Gasteiger partial charge in [0, 0.05) is 0 Å². The van der Waals surface area contributed by atoms with Crippen molar-refractivity contribution in [3.05, 3.63) is 39.7 Å². The van der Waals surface area contributed by atoms with Gasteiger partial charge in [-0.2, -0.15) is 0 Å². The topological polar surface area (TPSA) is 71.3 Å². The highest BCUT2D eigenvalue weighted by molar-refractivity contribution is 6.15. The molecular formula is C16H19ClN2O3.